The van der Waals surface area contributed by atoms with Crippen LogP contribution in [-0.2, 0) is 10.8 Å². The van der Waals surface area contributed by atoms with Gasteiger partial charge in [0.2, 0.25) is 0 Å². The summed E-state index contributed by atoms with van der Waals surface area (Å²) in [5.41, 5.74) is 24.7. The Morgan fingerprint density at radius 1 is 0.168 bits per heavy atom. The standard InChI is InChI=1S/C49H29N3S.2C44H29N3O/c1-3-11-34-27-37(23-17-30(34)9-1)47-50-48(38-24-18-31-10-2-4-12-35(31)28-38)52-49(51-47)40-14-6-5-13-39(40)36-22-20-32-19-21-33-25-26-44-46(45(33)42(32)29-36)41-15-7-8-16-43(41)53-44;1-44(2)34-16-8-6-13-30(34)40-35(44)24-23-27-21-19-26-20-22-29(25-33(26)38(27)40)42-45-41(28-11-4-3-5-12-28)46-43(47-42)32-15-10-18-37-39(32)31-14-7-9-17-36(31)48-37;1-44(2)34-16-8-6-13-31(34)40-35(44)24-22-26-19-20-28-25-29(21-23-30(28)38(26)40)42-45-41(27-11-4-3-5-12-27)46-43(47-42)33-15-10-18-37-39(33)32-14-7-9-17-36(32)48-37/h1-29H;2*3-25H,1-2H3. The third-order valence-electron chi connectivity index (χ3n) is 30.7. The van der Waals surface area contributed by atoms with Gasteiger partial charge in [-0.25, -0.2) is 44.9 Å². The van der Waals surface area contributed by atoms with Crippen molar-refractivity contribution in [1.82, 2.24) is 44.9 Å². The molecule has 0 bridgehead atoms. The predicted octanol–water partition coefficient (Wildman–Crippen LogP) is 36.3. The van der Waals surface area contributed by atoms with Crippen molar-refractivity contribution in [3.63, 3.8) is 0 Å². The highest BCUT2D eigenvalue weighted by Crippen LogP contribution is 2.56. The maximum Gasteiger partial charge on any atom is 0.164 e. The lowest BCUT2D eigenvalue weighted by molar-refractivity contribution is 0.660. The Morgan fingerprint density at radius 2 is 0.503 bits per heavy atom. The average Bonchev–Trinajstić information content (AvgIpc) is 1.56. The van der Waals surface area contributed by atoms with E-state index in [1.807, 2.05) is 133 Å². The van der Waals surface area contributed by atoms with Crippen molar-refractivity contribution in [2.45, 2.75) is 38.5 Å². The van der Waals surface area contributed by atoms with Crippen LogP contribution < -0.4 is 0 Å². The van der Waals surface area contributed by atoms with Gasteiger partial charge >= 0.3 is 0 Å². The molecule has 23 aromatic carbocycles. The molecule has 6 heterocycles. The molecule has 12 heteroatoms. The van der Waals surface area contributed by atoms with E-state index in [1.54, 1.807) is 0 Å². The van der Waals surface area contributed by atoms with Gasteiger partial charge in [0.1, 0.15) is 22.3 Å². The van der Waals surface area contributed by atoms with Crippen LogP contribution >= 0.6 is 11.3 Å². The fourth-order valence-corrected chi connectivity index (χ4v) is 24.6. The second-order valence-electron chi connectivity index (χ2n) is 40.0. The monoisotopic (exact) mass is 1920 g/mol. The molecule has 31 rings (SSSR count). The third kappa shape index (κ3) is 14.4. The van der Waals surface area contributed by atoms with Crippen LogP contribution in [0.4, 0.5) is 0 Å². The smallest absolute Gasteiger partial charge is 0.164 e. The second-order valence-corrected chi connectivity index (χ2v) is 41.1. The molecule has 2 aliphatic carbocycles. The lowest BCUT2D eigenvalue weighted by Gasteiger charge is -2.21. The number of furan rings is 2. The van der Waals surface area contributed by atoms with Gasteiger partial charge in [-0.15, -0.1) is 11.3 Å². The molecule has 0 spiro atoms. The van der Waals surface area contributed by atoms with Gasteiger partial charge in [-0.05, 0) is 209 Å². The largest absolute Gasteiger partial charge is 0.456 e. The van der Waals surface area contributed by atoms with E-state index in [2.05, 4.69) is 361 Å². The summed E-state index contributed by atoms with van der Waals surface area (Å²) >= 11 is 1.86. The van der Waals surface area contributed by atoms with Crippen LogP contribution in [-0.4, -0.2) is 44.9 Å². The molecule has 149 heavy (non-hydrogen) atoms. The van der Waals surface area contributed by atoms with E-state index in [1.165, 1.54) is 135 Å². The first-order valence-corrected chi connectivity index (χ1v) is 51.4. The van der Waals surface area contributed by atoms with Crippen LogP contribution in [0.25, 0.3) is 286 Å². The maximum absolute atomic E-state index is 6.24. The van der Waals surface area contributed by atoms with Gasteiger partial charge in [0, 0.05) is 103 Å². The number of aromatic nitrogens is 9. The number of thiophene rings is 1. The third-order valence-corrected chi connectivity index (χ3v) is 31.8. The van der Waals surface area contributed by atoms with Crippen LogP contribution in [0.2, 0.25) is 0 Å². The van der Waals surface area contributed by atoms with Gasteiger partial charge < -0.3 is 8.83 Å². The highest BCUT2D eigenvalue weighted by molar-refractivity contribution is 7.26. The first-order chi connectivity index (χ1) is 73.3. The molecule has 0 saturated carbocycles. The zero-order valence-electron chi connectivity index (χ0n) is 81.6. The van der Waals surface area contributed by atoms with Crippen molar-refractivity contribution in [2.75, 3.05) is 0 Å². The molecule has 0 amide bonds. The van der Waals surface area contributed by atoms with Gasteiger partial charge in [-0.3, -0.25) is 0 Å². The molecule has 0 saturated heterocycles. The fraction of sp³-hybridized carbons (Fsp3) is 0.0438. The first kappa shape index (κ1) is 86.6. The van der Waals surface area contributed by atoms with Crippen molar-refractivity contribution >= 4 is 162 Å². The molecule has 0 atom stereocenters. The minimum absolute atomic E-state index is 0.0550. The predicted molar refractivity (Wildman–Crippen MR) is 616 cm³/mol. The zero-order chi connectivity index (χ0) is 98.8. The lowest BCUT2D eigenvalue weighted by atomic mass is 9.82. The summed E-state index contributed by atoms with van der Waals surface area (Å²) in [5, 5.41) is 26.2. The molecule has 698 valence electrons. The number of benzene rings is 23. The summed E-state index contributed by atoms with van der Waals surface area (Å²) in [6.07, 6.45) is 0. The molecule has 0 unspecified atom stereocenters. The van der Waals surface area contributed by atoms with E-state index in [4.69, 9.17) is 53.7 Å². The molecule has 0 radical (unpaired) electrons. The summed E-state index contributed by atoms with van der Waals surface area (Å²) in [6.45, 7) is 9.34. The number of para-hydroxylation sites is 2. The van der Waals surface area contributed by atoms with Gasteiger partial charge in [0.25, 0.3) is 0 Å². The quantitative estimate of drug-likeness (QED) is 0.121. The summed E-state index contributed by atoms with van der Waals surface area (Å²) < 4.78 is 15.1. The molecule has 11 nitrogen and oxygen atoms in total. The van der Waals surface area contributed by atoms with Gasteiger partial charge in [-0.1, -0.05) is 416 Å². The number of rotatable bonds is 10. The summed E-state index contributed by atoms with van der Waals surface area (Å²) in [5.74, 6) is 5.71. The number of fused-ring (bicyclic) bond motifs is 29. The Balaban J connectivity index is 0.000000105. The van der Waals surface area contributed by atoms with Crippen LogP contribution in [0.15, 0.2) is 464 Å². The number of hydrogen-bond donors (Lipinski definition) is 0. The topological polar surface area (TPSA) is 142 Å². The second kappa shape index (κ2) is 34.4. The van der Waals surface area contributed by atoms with Gasteiger partial charge in [0.15, 0.2) is 52.4 Å². The highest BCUT2D eigenvalue weighted by Gasteiger charge is 2.39. The van der Waals surface area contributed by atoms with Crippen molar-refractivity contribution in [2.24, 2.45) is 0 Å². The number of nitrogens with zero attached hydrogens (tertiary/aromatic N) is 9. The van der Waals surface area contributed by atoms with Crippen LogP contribution in [0.1, 0.15) is 49.9 Å². The van der Waals surface area contributed by atoms with Crippen molar-refractivity contribution < 1.29 is 8.83 Å². The van der Waals surface area contributed by atoms with E-state index in [-0.39, 0.29) is 10.8 Å². The lowest BCUT2D eigenvalue weighted by Crippen LogP contribution is -2.14. The molecular formula is C137H87N9O2S. The van der Waals surface area contributed by atoms with Crippen molar-refractivity contribution in [1.29, 1.82) is 0 Å². The average molecular weight is 1920 g/mol. The minimum Gasteiger partial charge on any atom is -0.456 e. The van der Waals surface area contributed by atoms with E-state index >= 15 is 0 Å². The van der Waals surface area contributed by atoms with Gasteiger partial charge in [-0.2, -0.15) is 0 Å². The molecule has 0 fully saturated rings. The molecule has 0 N–H and O–H groups in total. The highest BCUT2D eigenvalue weighted by atomic mass is 32.1. The molecule has 2 aliphatic rings. The summed E-state index contributed by atoms with van der Waals surface area (Å²) in [7, 11) is 0. The molecule has 6 aromatic heterocycles. The Labute approximate surface area is 860 Å². The Hall–Kier alpha value is -19.0. The Morgan fingerprint density at radius 3 is 1.03 bits per heavy atom. The van der Waals surface area contributed by atoms with E-state index in [0.717, 1.165) is 121 Å². The van der Waals surface area contributed by atoms with Crippen LogP contribution in [0.5, 0.6) is 0 Å². The summed E-state index contributed by atoms with van der Waals surface area (Å²) in [4.78, 5) is 46.2. The van der Waals surface area contributed by atoms with Crippen LogP contribution in [0.3, 0.4) is 0 Å². The van der Waals surface area contributed by atoms with E-state index < -0.39 is 0 Å². The maximum atomic E-state index is 6.24. The number of hydrogen-bond acceptors (Lipinski definition) is 12. The Bertz CT molecular complexity index is 10600. The van der Waals surface area contributed by atoms with E-state index in [9.17, 15) is 0 Å². The van der Waals surface area contributed by atoms with E-state index in [0.29, 0.717) is 52.4 Å². The minimum atomic E-state index is -0.0775. The first-order valence-electron chi connectivity index (χ1n) is 50.6. The van der Waals surface area contributed by atoms with Gasteiger partial charge in [0.05, 0.1) is 0 Å². The summed E-state index contributed by atoms with van der Waals surface area (Å²) in [6, 6.07) is 161. The molecular weight excluding hydrogens is 1840 g/mol. The molecule has 0 aliphatic heterocycles. The zero-order valence-corrected chi connectivity index (χ0v) is 82.4. The normalized spacial score (nSPS) is 12.8. The van der Waals surface area contributed by atoms with Crippen molar-refractivity contribution in [3.05, 3.63) is 477 Å². The molecule has 29 aromatic rings. The Kier molecular flexibility index (Phi) is 20.0. The fourth-order valence-electron chi connectivity index (χ4n) is 23.4. The van der Waals surface area contributed by atoms with Crippen molar-refractivity contribution in [3.8, 4) is 136 Å². The van der Waals surface area contributed by atoms with Crippen LogP contribution in [0, 0.1) is 0 Å². The SMILES string of the molecule is CC1(C)c2ccccc2-c2c1ccc1ccc3cc(-c4nc(-c5ccccc5)nc(-c5cccc6oc7ccccc7c56)n4)ccc3c21.CC1(C)c2ccccc2-c2c1ccc1ccc3ccc(-c4nc(-c5ccccc5)nc(-c5cccc6oc7ccccc7c56)n4)cc3c21.c1ccc(-c2nc(-c3ccc4ccccc4c3)nc(-c3ccc4ccccc4c3)n2)c(-c2ccc3ccc4ccc5sc6ccccc6c5c4c3c2)c1.